The van der Waals surface area contributed by atoms with Crippen LogP contribution in [0.1, 0.15) is 5.01 Å². The number of thiazole rings is 1. The highest BCUT2D eigenvalue weighted by atomic mass is 32.1. The number of rotatable bonds is 4. The number of para-hydroxylation sites is 1. The molecule has 3 rings (SSSR count). The Balaban J connectivity index is 1.87. The van der Waals surface area contributed by atoms with Crippen molar-refractivity contribution in [2.75, 3.05) is 11.9 Å². The van der Waals surface area contributed by atoms with Gasteiger partial charge >= 0.3 is 0 Å². The minimum Gasteiger partial charge on any atom is -0.384 e. The predicted molar refractivity (Wildman–Crippen MR) is 83.5 cm³/mol. The highest BCUT2D eigenvalue weighted by molar-refractivity contribution is 7.09. The number of nitrogens with one attached hydrogen (secondary N) is 1. The van der Waals surface area contributed by atoms with Crippen LogP contribution in [-0.4, -0.2) is 16.1 Å². The number of aryl methyl sites for hydroxylation is 1. The van der Waals surface area contributed by atoms with E-state index in [2.05, 4.69) is 10.3 Å². The third-order valence-electron chi connectivity index (χ3n) is 3.29. The van der Waals surface area contributed by atoms with Crippen molar-refractivity contribution >= 4 is 27.9 Å². The predicted octanol–water partition coefficient (Wildman–Crippen LogP) is 2.65. The van der Waals surface area contributed by atoms with Crippen LogP contribution in [0, 0.1) is 0 Å². The summed E-state index contributed by atoms with van der Waals surface area (Å²) in [6.45, 7) is 0.769. The fraction of sp³-hybridized carbons (Fsp3) is 0.200. The molecule has 2 aromatic heterocycles. The highest BCUT2D eigenvalue weighted by Gasteiger charge is 2.05. The minimum absolute atomic E-state index is 0.000415. The van der Waals surface area contributed by atoms with E-state index < -0.39 is 0 Å². The maximum atomic E-state index is 12.0. The van der Waals surface area contributed by atoms with Crippen molar-refractivity contribution in [1.82, 2.24) is 9.55 Å². The lowest BCUT2D eigenvalue weighted by Crippen LogP contribution is -2.18. The number of nitrogens with zero attached hydrogens (tertiary/aromatic N) is 2. The van der Waals surface area contributed by atoms with Crippen molar-refractivity contribution < 1.29 is 0 Å². The zero-order chi connectivity index (χ0) is 13.9. The number of hydrogen-bond acceptors (Lipinski definition) is 4. The van der Waals surface area contributed by atoms with Crippen LogP contribution in [0.15, 0.2) is 46.7 Å². The van der Waals surface area contributed by atoms with Crippen LogP contribution in [0.4, 0.5) is 5.69 Å². The Labute approximate surface area is 120 Å². The lowest BCUT2D eigenvalue weighted by molar-refractivity contribution is 0.904. The Morgan fingerprint density at radius 3 is 3.00 bits per heavy atom. The molecule has 0 saturated carbocycles. The fourth-order valence-corrected chi connectivity index (χ4v) is 2.86. The van der Waals surface area contributed by atoms with Gasteiger partial charge in [-0.15, -0.1) is 11.3 Å². The number of hydrogen-bond donors (Lipinski definition) is 1. The molecule has 20 heavy (non-hydrogen) atoms. The van der Waals surface area contributed by atoms with Crippen molar-refractivity contribution in [3.63, 3.8) is 0 Å². The van der Waals surface area contributed by atoms with E-state index >= 15 is 0 Å². The fourth-order valence-electron chi connectivity index (χ4n) is 2.24. The van der Waals surface area contributed by atoms with Crippen LogP contribution in [0.5, 0.6) is 0 Å². The van der Waals surface area contributed by atoms with E-state index in [4.69, 9.17) is 0 Å². The number of benzene rings is 1. The van der Waals surface area contributed by atoms with Gasteiger partial charge in [-0.05, 0) is 6.07 Å². The summed E-state index contributed by atoms with van der Waals surface area (Å²) in [4.78, 5) is 16.2. The average Bonchev–Trinajstić information content (AvgIpc) is 2.97. The summed E-state index contributed by atoms with van der Waals surface area (Å²) in [6.07, 6.45) is 2.68. The molecule has 0 unspecified atom stereocenters. The molecular weight excluding hydrogens is 270 g/mol. The molecule has 0 saturated heterocycles. The zero-order valence-electron chi connectivity index (χ0n) is 11.2. The maximum Gasteiger partial charge on any atom is 0.252 e. The summed E-state index contributed by atoms with van der Waals surface area (Å²) in [6, 6.07) is 9.58. The summed E-state index contributed by atoms with van der Waals surface area (Å²) in [5.74, 6) is 0. The topological polar surface area (TPSA) is 46.9 Å². The van der Waals surface area contributed by atoms with Gasteiger partial charge in [-0.25, -0.2) is 4.98 Å². The van der Waals surface area contributed by atoms with Crippen molar-refractivity contribution in [2.45, 2.75) is 6.42 Å². The molecule has 0 fully saturated rings. The van der Waals surface area contributed by atoms with E-state index in [9.17, 15) is 4.79 Å². The summed E-state index contributed by atoms with van der Waals surface area (Å²) in [7, 11) is 1.80. The average molecular weight is 285 g/mol. The largest absolute Gasteiger partial charge is 0.384 e. The molecule has 0 spiro atoms. The van der Waals surface area contributed by atoms with Gasteiger partial charge in [0.2, 0.25) is 0 Å². The number of aromatic nitrogens is 2. The zero-order valence-corrected chi connectivity index (χ0v) is 12.0. The second kappa shape index (κ2) is 5.46. The quantitative estimate of drug-likeness (QED) is 0.801. The number of fused-ring (bicyclic) bond motifs is 1. The van der Waals surface area contributed by atoms with Gasteiger partial charge in [0, 0.05) is 48.7 Å². The summed E-state index contributed by atoms with van der Waals surface area (Å²) >= 11 is 1.65. The van der Waals surface area contributed by atoms with Crippen molar-refractivity contribution in [3.05, 3.63) is 57.3 Å². The van der Waals surface area contributed by atoms with E-state index in [-0.39, 0.29) is 5.56 Å². The molecule has 102 valence electrons. The van der Waals surface area contributed by atoms with Crippen molar-refractivity contribution in [3.8, 4) is 0 Å². The Morgan fingerprint density at radius 2 is 2.20 bits per heavy atom. The van der Waals surface area contributed by atoms with Gasteiger partial charge in [0.1, 0.15) is 0 Å². The van der Waals surface area contributed by atoms with E-state index in [0.717, 1.165) is 34.6 Å². The standard InChI is InChI=1S/C15H15N3OS/c1-18-13-5-3-2-4-11(13)12(10-15(18)19)16-7-6-14-17-8-9-20-14/h2-5,8-10,16H,6-7H2,1H3. The van der Waals surface area contributed by atoms with Gasteiger partial charge in [-0.3, -0.25) is 4.79 Å². The molecule has 1 N–H and O–H groups in total. The lowest BCUT2D eigenvalue weighted by atomic mass is 10.2. The van der Waals surface area contributed by atoms with Crippen LogP contribution in [0.3, 0.4) is 0 Å². The molecule has 0 radical (unpaired) electrons. The number of pyridine rings is 1. The van der Waals surface area contributed by atoms with E-state index in [1.54, 1.807) is 29.0 Å². The second-order valence-corrected chi connectivity index (χ2v) is 5.55. The van der Waals surface area contributed by atoms with Crippen LogP contribution in [0.25, 0.3) is 10.9 Å². The molecule has 0 atom stereocenters. The van der Waals surface area contributed by atoms with E-state index in [0.29, 0.717) is 0 Å². The molecule has 0 amide bonds. The van der Waals surface area contributed by atoms with Crippen LogP contribution in [0.2, 0.25) is 0 Å². The Bertz CT molecular complexity index is 777. The smallest absolute Gasteiger partial charge is 0.252 e. The van der Waals surface area contributed by atoms with Gasteiger partial charge in [0.05, 0.1) is 10.5 Å². The van der Waals surface area contributed by atoms with Crippen LogP contribution in [-0.2, 0) is 13.5 Å². The van der Waals surface area contributed by atoms with Gasteiger partial charge in [0.25, 0.3) is 5.56 Å². The third-order valence-corrected chi connectivity index (χ3v) is 4.13. The van der Waals surface area contributed by atoms with Crippen LogP contribution < -0.4 is 10.9 Å². The molecule has 4 nitrogen and oxygen atoms in total. The molecule has 3 aromatic rings. The molecule has 2 heterocycles. The second-order valence-electron chi connectivity index (χ2n) is 4.58. The van der Waals surface area contributed by atoms with Crippen molar-refractivity contribution in [1.29, 1.82) is 0 Å². The molecule has 0 bridgehead atoms. The lowest BCUT2D eigenvalue weighted by Gasteiger charge is -2.11. The van der Waals surface area contributed by atoms with Crippen molar-refractivity contribution in [2.24, 2.45) is 7.05 Å². The molecule has 0 aliphatic heterocycles. The maximum absolute atomic E-state index is 12.0. The Morgan fingerprint density at radius 1 is 1.35 bits per heavy atom. The first-order chi connectivity index (χ1) is 9.75. The van der Waals surface area contributed by atoms with Gasteiger partial charge in [-0.2, -0.15) is 0 Å². The van der Waals surface area contributed by atoms with Gasteiger partial charge in [-0.1, -0.05) is 18.2 Å². The first-order valence-electron chi connectivity index (χ1n) is 6.47. The summed E-state index contributed by atoms with van der Waals surface area (Å²) in [5.41, 5.74) is 1.83. The SMILES string of the molecule is Cn1c(=O)cc(NCCc2nccs2)c2ccccc21. The van der Waals surface area contributed by atoms with Gasteiger partial charge in [0.15, 0.2) is 0 Å². The van der Waals surface area contributed by atoms with E-state index in [1.165, 1.54) is 0 Å². The molecule has 0 aliphatic carbocycles. The summed E-state index contributed by atoms with van der Waals surface area (Å²) < 4.78 is 1.67. The molecule has 1 aromatic carbocycles. The Kier molecular flexibility index (Phi) is 3.52. The number of anilines is 1. The minimum atomic E-state index is 0.000415. The van der Waals surface area contributed by atoms with E-state index in [1.807, 2.05) is 35.8 Å². The summed E-state index contributed by atoms with van der Waals surface area (Å²) in [5, 5.41) is 7.49. The molecule has 5 heteroatoms. The monoisotopic (exact) mass is 285 g/mol. The van der Waals surface area contributed by atoms with Crippen LogP contribution >= 0.6 is 11.3 Å². The molecule has 0 aliphatic rings. The third kappa shape index (κ3) is 2.44. The normalized spacial score (nSPS) is 10.8. The molecular formula is C15H15N3OS. The van der Waals surface area contributed by atoms with Gasteiger partial charge < -0.3 is 9.88 Å². The first kappa shape index (κ1) is 12.9. The highest BCUT2D eigenvalue weighted by Crippen LogP contribution is 2.20. The Hall–Kier alpha value is -2.14. The first-order valence-corrected chi connectivity index (χ1v) is 7.34.